The van der Waals surface area contributed by atoms with Crippen molar-refractivity contribution in [3.8, 4) is 11.1 Å². The lowest BCUT2D eigenvalue weighted by molar-refractivity contribution is 0.412. The minimum atomic E-state index is -0.348. The van der Waals surface area contributed by atoms with E-state index >= 15 is 0 Å². The third-order valence-electron chi connectivity index (χ3n) is 9.43. The van der Waals surface area contributed by atoms with Crippen molar-refractivity contribution in [1.82, 2.24) is 10.6 Å². The average molecular weight is 648 g/mol. The number of fused-ring (bicyclic) bond motifs is 3. The molecule has 1 heterocycles. The number of benzene rings is 7. The SMILES string of the molecule is N=C(/C=C\C(N)c1ccc(-c2c(C3NC(c4ccccc4)=NC(c4ccccc4)N3)c3ccccc3c3ccccc23)cc1)c1ccccc1. The molecule has 0 amide bonds. The Morgan fingerprint density at radius 1 is 0.620 bits per heavy atom. The van der Waals surface area contributed by atoms with Gasteiger partial charge < -0.3 is 16.5 Å². The average Bonchev–Trinajstić information content (AvgIpc) is 3.20. The number of nitrogens with one attached hydrogen (secondary N) is 3. The Bertz CT molecular complexity index is 2350. The van der Waals surface area contributed by atoms with Crippen LogP contribution in [0.2, 0.25) is 0 Å². The minimum Gasteiger partial charge on any atom is -0.350 e. The molecule has 3 unspecified atom stereocenters. The number of hydrogen-bond donors (Lipinski definition) is 4. The van der Waals surface area contributed by atoms with E-state index in [0.717, 1.165) is 44.8 Å². The summed E-state index contributed by atoms with van der Waals surface area (Å²) in [6, 6.07) is 56.0. The first-order chi connectivity index (χ1) is 24.6. The van der Waals surface area contributed by atoms with Gasteiger partial charge in [0, 0.05) is 17.2 Å². The molecule has 50 heavy (non-hydrogen) atoms. The van der Waals surface area contributed by atoms with Crippen molar-refractivity contribution >= 4 is 33.1 Å². The molecular formula is C45H37N5. The molecule has 0 fully saturated rings. The van der Waals surface area contributed by atoms with Gasteiger partial charge in [-0.2, -0.15) is 0 Å². The zero-order chi connectivity index (χ0) is 33.9. The van der Waals surface area contributed by atoms with Gasteiger partial charge in [0.1, 0.15) is 18.2 Å². The summed E-state index contributed by atoms with van der Waals surface area (Å²) in [5.41, 5.74) is 14.5. The summed E-state index contributed by atoms with van der Waals surface area (Å²) in [6.45, 7) is 0. The number of allylic oxidation sites excluding steroid dienone is 1. The third-order valence-corrected chi connectivity index (χ3v) is 9.43. The Morgan fingerprint density at radius 2 is 1.18 bits per heavy atom. The molecule has 5 N–H and O–H groups in total. The minimum absolute atomic E-state index is 0.252. The lowest BCUT2D eigenvalue weighted by atomic mass is 9.86. The summed E-state index contributed by atoms with van der Waals surface area (Å²) in [5.74, 6) is 0.848. The molecule has 0 bridgehead atoms. The molecule has 0 saturated carbocycles. The molecule has 0 saturated heterocycles. The van der Waals surface area contributed by atoms with Crippen LogP contribution in [0.4, 0.5) is 0 Å². The second-order valence-corrected chi connectivity index (χ2v) is 12.6. The molecule has 5 nitrogen and oxygen atoms in total. The maximum absolute atomic E-state index is 8.47. The second-order valence-electron chi connectivity index (χ2n) is 12.6. The van der Waals surface area contributed by atoms with E-state index in [1.165, 1.54) is 21.5 Å². The summed E-state index contributed by atoms with van der Waals surface area (Å²) in [5, 5.41) is 20.9. The number of aliphatic imine (C=N–C) groups is 1. The number of rotatable bonds is 8. The van der Waals surface area contributed by atoms with Crippen molar-refractivity contribution in [2.75, 3.05) is 0 Å². The first kappa shape index (κ1) is 31.1. The normalized spacial score (nSPS) is 16.6. The van der Waals surface area contributed by atoms with Crippen molar-refractivity contribution in [3.05, 3.63) is 204 Å². The standard InChI is InChI=1S/C45H37N5/c46-39(30-14-4-1-5-15-30)28-29-40(47)31-24-26-32(27-25-31)41-37-22-12-10-20-35(37)36-21-11-13-23-38(36)42(41)45-49-43(33-16-6-2-7-17-33)48-44(50-45)34-18-8-3-9-19-34/h1-29,40,43,45-46,49H,47H2,(H,48,50)/b29-28-,46-39?. The van der Waals surface area contributed by atoms with E-state index in [4.69, 9.17) is 16.1 Å². The molecule has 5 heteroatoms. The van der Waals surface area contributed by atoms with Crippen LogP contribution < -0.4 is 16.4 Å². The number of hydrogen-bond acceptors (Lipinski definition) is 5. The van der Waals surface area contributed by atoms with Gasteiger partial charge in [0.15, 0.2) is 0 Å². The number of amidine groups is 1. The van der Waals surface area contributed by atoms with E-state index in [1.807, 2.05) is 48.5 Å². The fraction of sp³-hybridized carbons (Fsp3) is 0.0667. The van der Waals surface area contributed by atoms with Gasteiger partial charge in [0.2, 0.25) is 0 Å². The van der Waals surface area contributed by atoms with Crippen LogP contribution in [0.5, 0.6) is 0 Å². The van der Waals surface area contributed by atoms with E-state index in [2.05, 4.69) is 132 Å². The predicted octanol–water partition coefficient (Wildman–Crippen LogP) is 9.62. The van der Waals surface area contributed by atoms with E-state index < -0.39 is 0 Å². The molecule has 7 aromatic rings. The first-order valence-electron chi connectivity index (χ1n) is 17.0. The van der Waals surface area contributed by atoms with Crippen LogP contribution >= 0.6 is 0 Å². The third kappa shape index (κ3) is 6.12. The molecule has 8 rings (SSSR count). The summed E-state index contributed by atoms with van der Waals surface area (Å²) < 4.78 is 0. The Hall–Kier alpha value is -6.14. The Balaban J connectivity index is 1.25. The number of nitrogens with two attached hydrogens (primary N) is 1. The van der Waals surface area contributed by atoms with Crippen molar-refractivity contribution in [1.29, 1.82) is 5.41 Å². The Kier molecular flexibility index (Phi) is 8.58. The second kappa shape index (κ2) is 13.8. The van der Waals surface area contributed by atoms with Crippen LogP contribution in [0.25, 0.3) is 32.7 Å². The van der Waals surface area contributed by atoms with Crippen LogP contribution in [0.1, 0.15) is 46.2 Å². The molecule has 1 aliphatic heterocycles. The van der Waals surface area contributed by atoms with Crippen LogP contribution in [0.3, 0.4) is 0 Å². The maximum atomic E-state index is 8.47. The van der Waals surface area contributed by atoms with Gasteiger partial charge >= 0.3 is 0 Å². The molecule has 0 spiro atoms. The summed E-state index contributed by atoms with van der Waals surface area (Å²) in [7, 11) is 0. The monoisotopic (exact) mass is 647 g/mol. The predicted molar refractivity (Wildman–Crippen MR) is 207 cm³/mol. The van der Waals surface area contributed by atoms with Crippen LogP contribution in [0.15, 0.2) is 181 Å². The van der Waals surface area contributed by atoms with E-state index in [1.54, 1.807) is 6.08 Å². The van der Waals surface area contributed by atoms with Crippen molar-refractivity contribution in [3.63, 3.8) is 0 Å². The highest BCUT2D eigenvalue weighted by Gasteiger charge is 2.30. The lowest BCUT2D eigenvalue weighted by Gasteiger charge is -2.34. The van der Waals surface area contributed by atoms with Gasteiger partial charge in [-0.15, -0.1) is 0 Å². The van der Waals surface area contributed by atoms with Gasteiger partial charge in [-0.05, 0) is 55.4 Å². The number of nitrogens with zero attached hydrogens (tertiary/aromatic N) is 1. The fourth-order valence-electron chi connectivity index (χ4n) is 6.93. The molecule has 7 aromatic carbocycles. The van der Waals surface area contributed by atoms with E-state index in [0.29, 0.717) is 5.71 Å². The summed E-state index contributed by atoms with van der Waals surface area (Å²) in [6.07, 6.45) is 3.17. The van der Waals surface area contributed by atoms with Gasteiger partial charge in [0.05, 0.1) is 5.71 Å². The van der Waals surface area contributed by atoms with E-state index in [9.17, 15) is 0 Å². The summed E-state index contributed by atoms with van der Waals surface area (Å²) in [4.78, 5) is 5.18. The van der Waals surface area contributed by atoms with Crippen molar-refractivity contribution in [2.45, 2.75) is 18.4 Å². The van der Waals surface area contributed by atoms with Gasteiger partial charge in [-0.3, -0.25) is 5.32 Å². The smallest absolute Gasteiger partial charge is 0.131 e. The highest BCUT2D eigenvalue weighted by molar-refractivity contribution is 6.16. The maximum Gasteiger partial charge on any atom is 0.131 e. The molecule has 1 aliphatic rings. The molecule has 0 aromatic heterocycles. The highest BCUT2D eigenvalue weighted by Crippen LogP contribution is 2.43. The van der Waals surface area contributed by atoms with Crippen molar-refractivity contribution in [2.24, 2.45) is 10.7 Å². The molecule has 242 valence electrons. The zero-order valence-corrected chi connectivity index (χ0v) is 27.5. The van der Waals surface area contributed by atoms with Crippen molar-refractivity contribution < 1.29 is 0 Å². The Morgan fingerprint density at radius 3 is 1.86 bits per heavy atom. The summed E-state index contributed by atoms with van der Waals surface area (Å²) >= 11 is 0. The Labute approximate surface area is 292 Å². The fourth-order valence-corrected chi connectivity index (χ4v) is 6.93. The van der Waals surface area contributed by atoms with Gasteiger partial charge in [0.25, 0.3) is 0 Å². The van der Waals surface area contributed by atoms with Crippen LogP contribution in [-0.2, 0) is 0 Å². The van der Waals surface area contributed by atoms with E-state index in [-0.39, 0.29) is 18.4 Å². The topological polar surface area (TPSA) is 86.3 Å². The van der Waals surface area contributed by atoms with Gasteiger partial charge in [-0.1, -0.05) is 170 Å². The largest absolute Gasteiger partial charge is 0.350 e. The molecule has 0 radical (unpaired) electrons. The highest BCUT2D eigenvalue weighted by atomic mass is 15.3. The van der Waals surface area contributed by atoms with Gasteiger partial charge in [-0.25, -0.2) is 4.99 Å². The molecular weight excluding hydrogens is 611 g/mol. The zero-order valence-electron chi connectivity index (χ0n) is 27.5. The van der Waals surface area contributed by atoms with Crippen LogP contribution in [-0.4, -0.2) is 11.5 Å². The van der Waals surface area contributed by atoms with Crippen LogP contribution in [0, 0.1) is 5.41 Å². The molecule has 0 aliphatic carbocycles. The first-order valence-corrected chi connectivity index (χ1v) is 17.0. The lowest BCUT2D eigenvalue weighted by Crippen LogP contribution is -2.45. The quantitative estimate of drug-likeness (QED) is 0.0979. The molecule has 3 atom stereocenters.